The Morgan fingerprint density at radius 2 is 2.54 bits per heavy atom. The first kappa shape index (κ1) is 10.2. The van der Waals surface area contributed by atoms with Gasteiger partial charge < -0.3 is 4.74 Å². The molecule has 0 N–H and O–H groups in total. The molecule has 0 aliphatic rings. The summed E-state index contributed by atoms with van der Waals surface area (Å²) < 4.78 is 4.90. The first-order chi connectivity index (χ1) is 6.38. The molecule has 1 rings (SSSR count). The van der Waals surface area contributed by atoms with Gasteiger partial charge in [-0.2, -0.15) is 0 Å². The maximum absolute atomic E-state index is 10.6. The van der Waals surface area contributed by atoms with E-state index in [-0.39, 0.29) is 0 Å². The normalized spacial score (nSPS) is 9.92. The maximum atomic E-state index is 10.6. The average Bonchev–Trinajstić information content (AvgIpc) is 2.19. The van der Waals surface area contributed by atoms with Crippen molar-refractivity contribution in [3.05, 3.63) is 23.9 Å². The zero-order valence-electron chi connectivity index (χ0n) is 7.40. The van der Waals surface area contributed by atoms with Crippen molar-refractivity contribution < 1.29 is 9.53 Å². The predicted molar refractivity (Wildman–Crippen MR) is 52.2 cm³/mol. The summed E-state index contributed by atoms with van der Waals surface area (Å²) in [6.45, 7) is 0.666. The minimum Gasteiger partial charge on any atom is -0.384 e. The Bertz CT molecular complexity index is 278. The standard InChI is InChI=1S/C9H11NO2S/c1-12-5-6-13-9-8(7-11)3-2-4-10-9/h2-4,7H,5-6H2,1H3. The molecule has 0 saturated heterocycles. The fourth-order valence-electron chi connectivity index (χ4n) is 0.835. The quantitative estimate of drug-likeness (QED) is 0.408. The van der Waals surface area contributed by atoms with Crippen molar-refractivity contribution in [3.63, 3.8) is 0 Å². The van der Waals surface area contributed by atoms with Crippen LogP contribution in [-0.4, -0.2) is 30.7 Å². The summed E-state index contributed by atoms with van der Waals surface area (Å²) in [6, 6.07) is 3.51. The maximum Gasteiger partial charge on any atom is 0.152 e. The summed E-state index contributed by atoms with van der Waals surface area (Å²) in [5.41, 5.74) is 0.642. The Kier molecular flexibility index (Phi) is 4.49. The molecule has 0 aliphatic heterocycles. The minimum atomic E-state index is 0.642. The molecule has 0 atom stereocenters. The van der Waals surface area contributed by atoms with Crippen LogP contribution in [0.2, 0.25) is 0 Å². The van der Waals surface area contributed by atoms with Crippen LogP contribution in [0.25, 0.3) is 0 Å². The molecule has 0 radical (unpaired) electrons. The van der Waals surface area contributed by atoms with E-state index in [2.05, 4.69) is 4.98 Å². The molecule has 0 aliphatic carbocycles. The molecule has 13 heavy (non-hydrogen) atoms. The SMILES string of the molecule is COCCSc1ncccc1C=O. The Morgan fingerprint density at radius 3 is 3.23 bits per heavy atom. The van der Waals surface area contributed by atoms with Gasteiger partial charge in [0.1, 0.15) is 5.03 Å². The number of carbonyl (C=O) groups is 1. The highest BCUT2D eigenvalue weighted by Gasteiger charge is 2.01. The van der Waals surface area contributed by atoms with Crippen molar-refractivity contribution in [1.82, 2.24) is 4.98 Å². The Morgan fingerprint density at radius 1 is 1.69 bits per heavy atom. The molecule has 0 aromatic carbocycles. The lowest BCUT2D eigenvalue weighted by Gasteiger charge is -2.01. The van der Waals surface area contributed by atoms with Gasteiger partial charge in [-0.3, -0.25) is 4.79 Å². The summed E-state index contributed by atoms with van der Waals surface area (Å²) in [6.07, 6.45) is 2.50. The third-order valence-electron chi connectivity index (χ3n) is 1.45. The largest absolute Gasteiger partial charge is 0.384 e. The van der Waals surface area contributed by atoms with Crippen LogP contribution in [0.4, 0.5) is 0 Å². The molecule has 70 valence electrons. The third-order valence-corrected chi connectivity index (χ3v) is 2.44. The predicted octanol–water partition coefficient (Wildman–Crippen LogP) is 1.63. The van der Waals surface area contributed by atoms with Gasteiger partial charge in [0.2, 0.25) is 0 Å². The highest BCUT2D eigenvalue weighted by Crippen LogP contribution is 2.17. The molecular formula is C9H11NO2S. The van der Waals surface area contributed by atoms with Gasteiger partial charge in [0.15, 0.2) is 6.29 Å². The fraction of sp³-hybridized carbons (Fsp3) is 0.333. The summed E-state index contributed by atoms with van der Waals surface area (Å²) in [4.78, 5) is 14.7. The lowest BCUT2D eigenvalue weighted by atomic mass is 10.3. The number of thioether (sulfide) groups is 1. The van der Waals surface area contributed by atoms with Gasteiger partial charge >= 0.3 is 0 Å². The Hall–Kier alpha value is -0.870. The number of carbonyl (C=O) groups excluding carboxylic acids is 1. The Balaban J connectivity index is 2.59. The van der Waals surface area contributed by atoms with Gasteiger partial charge in [0.25, 0.3) is 0 Å². The number of methoxy groups -OCH3 is 1. The first-order valence-electron chi connectivity index (χ1n) is 3.90. The molecule has 1 aromatic rings. The van der Waals surface area contributed by atoms with E-state index in [0.717, 1.165) is 17.1 Å². The second-order valence-corrected chi connectivity index (χ2v) is 3.44. The van der Waals surface area contributed by atoms with Crippen molar-refractivity contribution in [3.8, 4) is 0 Å². The van der Waals surface area contributed by atoms with Gasteiger partial charge in [0, 0.05) is 24.6 Å². The monoisotopic (exact) mass is 197 g/mol. The van der Waals surface area contributed by atoms with E-state index in [1.54, 1.807) is 25.4 Å². The molecule has 1 heterocycles. The number of hydrogen-bond acceptors (Lipinski definition) is 4. The van der Waals surface area contributed by atoms with Crippen molar-refractivity contribution in [2.75, 3.05) is 19.5 Å². The molecular weight excluding hydrogens is 186 g/mol. The molecule has 1 aromatic heterocycles. The number of ether oxygens (including phenoxy) is 1. The molecule has 0 bridgehead atoms. The average molecular weight is 197 g/mol. The summed E-state index contributed by atoms with van der Waals surface area (Å²) in [7, 11) is 1.65. The molecule has 0 fully saturated rings. The van der Waals surface area contributed by atoms with Crippen molar-refractivity contribution >= 4 is 18.0 Å². The molecule has 0 amide bonds. The van der Waals surface area contributed by atoms with Crippen LogP contribution >= 0.6 is 11.8 Å². The number of nitrogens with zero attached hydrogens (tertiary/aromatic N) is 1. The second-order valence-electron chi connectivity index (χ2n) is 2.36. The highest BCUT2D eigenvalue weighted by atomic mass is 32.2. The van der Waals surface area contributed by atoms with Crippen LogP contribution in [-0.2, 0) is 4.74 Å². The van der Waals surface area contributed by atoms with E-state index in [1.165, 1.54) is 11.8 Å². The van der Waals surface area contributed by atoms with Crippen LogP contribution in [0.1, 0.15) is 10.4 Å². The summed E-state index contributed by atoms with van der Waals surface area (Å²) in [5.74, 6) is 0.814. The van der Waals surface area contributed by atoms with Crippen molar-refractivity contribution in [1.29, 1.82) is 0 Å². The number of aromatic nitrogens is 1. The lowest BCUT2D eigenvalue weighted by Crippen LogP contribution is -1.94. The van der Waals surface area contributed by atoms with E-state index >= 15 is 0 Å². The smallest absolute Gasteiger partial charge is 0.152 e. The molecule has 0 unspecified atom stereocenters. The van der Waals surface area contributed by atoms with Gasteiger partial charge in [0.05, 0.1) is 6.61 Å². The molecule has 0 spiro atoms. The highest BCUT2D eigenvalue weighted by molar-refractivity contribution is 7.99. The molecule has 4 heteroatoms. The van der Waals surface area contributed by atoms with Crippen LogP contribution in [0.15, 0.2) is 23.4 Å². The van der Waals surface area contributed by atoms with Crippen LogP contribution in [0.3, 0.4) is 0 Å². The fourth-order valence-corrected chi connectivity index (χ4v) is 1.70. The zero-order chi connectivity index (χ0) is 9.52. The van der Waals surface area contributed by atoms with Crippen LogP contribution in [0, 0.1) is 0 Å². The topological polar surface area (TPSA) is 39.2 Å². The van der Waals surface area contributed by atoms with Gasteiger partial charge in [-0.25, -0.2) is 4.98 Å². The molecule has 3 nitrogen and oxygen atoms in total. The number of aldehydes is 1. The number of rotatable bonds is 5. The van der Waals surface area contributed by atoms with Crippen molar-refractivity contribution in [2.45, 2.75) is 5.03 Å². The molecule has 0 saturated carbocycles. The zero-order valence-corrected chi connectivity index (χ0v) is 8.21. The van der Waals surface area contributed by atoms with E-state index in [0.29, 0.717) is 12.2 Å². The van der Waals surface area contributed by atoms with E-state index in [1.807, 2.05) is 0 Å². The third kappa shape index (κ3) is 3.16. The minimum absolute atomic E-state index is 0.642. The number of hydrogen-bond donors (Lipinski definition) is 0. The van der Waals surface area contributed by atoms with Crippen LogP contribution < -0.4 is 0 Å². The number of pyridine rings is 1. The van der Waals surface area contributed by atoms with Gasteiger partial charge in [-0.15, -0.1) is 11.8 Å². The lowest BCUT2D eigenvalue weighted by molar-refractivity contribution is 0.112. The second kappa shape index (κ2) is 5.72. The van der Waals surface area contributed by atoms with Crippen LogP contribution in [0.5, 0.6) is 0 Å². The van der Waals surface area contributed by atoms with E-state index < -0.39 is 0 Å². The first-order valence-corrected chi connectivity index (χ1v) is 4.89. The van der Waals surface area contributed by atoms with Crippen molar-refractivity contribution in [2.24, 2.45) is 0 Å². The van der Waals surface area contributed by atoms with E-state index in [4.69, 9.17) is 4.74 Å². The summed E-state index contributed by atoms with van der Waals surface area (Å²) >= 11 is 1.53. The van der Waals surface area contributed by atoms with Gasteiger partial charge in [-0.05, 0) is 12.1 Å². The Labute approximate surface area is 81.5 Å². The van der Waals surface area contributed by atoms with Gasteiger partial charge in [-0.1, -0.05) is 0 Å². The van der Waals surface area contributed by atoms with E-state index in [9.17, 15) is 4.79 Å². The summed E-state index contributed by atoms with van der Waals surface area (Å²) in [5, 5.41) is 0.773.